The molecule has 0 atom stereocenters. The Morgan fingerprint density at radius 1 is 0.861 bits per heavy atom. The average Bonchev–Trinajstić information content (AvgIpc) is 3.35. The molecule has 5 aromatic rings. The monoisotopic (exact) mass is 479 g/mol. The summed E-state index contributed by atoms with van der Waals surface area (Å²) in [4.78, 5) is 22.0. The molecule has 0 radical (unpaired) electrons. The summed E-state index contributed by atoms with van der Waals surface area (Å²) in [6, 6.07) is 18.2. The summed E-state index contributed by atoms with van der Waals surface area (Å²) < 4.78 is 11.9. The first-order valence-corrected chi connectivity index (χ1v) is 12.4. The molecule has 6 rings (SSSR count). The highest BCUT2D eigenvalue weighted by atomic mass is 16.4. The van der Waals surface area contributed by atoms with E-state index in [2.05, 4.69) is 57.2 Å². The van der Waals surface area contributed by atoms with Crippen LogP contribution in [0.4, 0.5) is 5.69 Å². The minimum absolute atomic E-state index is 0.377. The zero-order chi connectivity index (χ0) is 24.8. The van der Waals surface area contributed by atoms with Crippen molar-refractivity contribution in [3.8, 4) is 11.3 Å². The van der Waals surface area contributed by atoms with E-state index in [0.717, 1.165) is 77.0 Å². The van der Waals surface area contributed by atoms with Crippen LogP contribution in [0, 0.1) is 20.8 Å². The fourth-order valence-corrected chi connectivity index (χ4v) is 5.17. The topological polar surface area (TPSA) is 62.7 Å². The molecular weight excluding hydrogens is 450 g/mol. The van der Waals surface area contributed by atoms with Gasteiger partial charge in [0, 0.05) is 67.0 Å². The highest BCUT2D eigenvalue weighted by molar-refractivity contribution is 5.97. The van der Waals surface area contributed by atoms with Crippen LogP contribution in [0.2, 0.25) is 0 Å². The van der Waals surface area contributed by atoms with Gasteiger partial charge in [-0.1, -0.05) is 30.3 Å². The summed E-state index contributed by atoms with van der Waals surface area (Å²) in [6.07, 6.45) is 1.96. The maximum atomic E-state index is 12.5. The SMILES string of the molecule is Cc1ccc2c(-c3cc4c(CN5CCN(c6ccccc6)CC5)cnc(C)c4o3)cc(=O)oc2c1C. The van der Waals surface area contributed by atoms with Crippen molar-refractivity contribution in [2.75, 3.05) is 31.1 Å². The van der Waals surface area contributed by atoms with E-state index >= 15 is 0 Å². The van der Waals surface area contributed by atoms with Gasteiger partial charge in [0.05, 0.1) is 5.69 Å². The van der Waals surface area contributed by atoms with Crippen molar-refractivity contribution in [1.29, 1.82) is 0 Å². The number of aryl methyl sites for hydroxylation is 3. The quantitative estimate of drug-likeness (QED) is 0.302. The molecule has 0 N–H and O–H groups in total. The number of pyridine rings is 1. The number of benzene rings is 2. The number of nitrogens with zero attached hydrogens (tertiary/aromatic N) is 3. The van der Waals surface area contributed by atoms with Gasteiger partial charge in [0.2, 0.25) is 0 Å². The molecule has 1 aliphatic heterocycles. The zero-order valence-corrected chi connectivity index (χ0v) is 20.9. The molecule has 1 saturated heterocycles. The lowest BCUT2D eigenvalue weighted by Gasteiger charge is -2.36. The third kappa shape index (κ3) is 3.97. The third-order valence-corrected chi connectivity index (χ3v) is 7.41. The average molecular weight is 480 g/mol. The number of para-hydroxylation sites is 1. The number of furan rings is 1. The van der Waals surface area contributed by atoms with Crippen molar-refractivity contribution in [3.05, 3.63) is 93.6 Å². The Labute approximate surface area is 209 Å². The maximum absolute atomic E-state index is 12.5. The summed E-state index contributed by atoms with van der Waals surface area (Å²) in [5.74, 6) is 0.664. The number of aromatic nitrogens is 1. The fraction of sp³-hybridized carbons (Fsp3) is 0.267. The van der Waals surface area contributed by atoms with Crippen LogP contribution in [0.3, 0.4) is 0 Å². The number of fused-ring (bicyclic) bond motifs is 2. The molecule has 0 amide bonds. The number of anilines is 1. The van der Waals surface area contributed by atoms with Gasteiger partial charge >= 0.3 is 5.63 Å². The Kier molecular flexibility index (Phi) is 5.61. The van der Waals surface area contributed by atoms with E-state index in [-0.39, 0.29) is 5.63 Å². The van der Waals surface area contributed by atoms with Gasteiger partial charge in [0.25, 0.3) is 0 Å². The van der Waals surface area contributed by atoms with E-state index in [9.17, 15) is 4.79 Å². The Hall–Kier alpha value is -3.90. The number of rotatable bonds is 4. The first kappa shape index (κ1) is 22.6. The second kappa shape index (κ2) is 8.95. The van der Waals surface area contributed by atoms with E-state index in [1.54, 1.807) is 0 Å². The van der Waals surface area contributed by atoms with Crippen molar-refractivity contribution >= 4 is 27.6 Å². The van der Waals surface area contributed by atoms with Crippen LogP contribution < -0.4 is 10.5 Å². The van der Waals surface area contributed by atoms with Gasteiger partial charge in [0.15, 0.2) is 5.58 Å². The Morgan fingerprint density at radius 2 is 1.64 bits per heavy atom. The molecule has 1 aliphatic rings. The predicted octanol–water partition coefficient (Wildman–Crippen LogP) is 5.85. The number of piperazine rings is 1. The molecular formula is C30H29N3O3. The van der Waals surface area contributed by atoms with E-state index in [1.807, 2.05) is 33.0 Å². The van der Waals surface area contributed by atoms with Crippen LogP contribution in [-0.2, 0) is 6.54 Å². The standard InChI is InChI=1S/C30H29N3O3/c1-19-9-10-24-26(16-28(34)36-29(24)20(19)2)27-15-25-22(17-31-21(3)30(25)35-27)18-32-11-13-33(14-12-32)23-7-5-4-6-8-23/h4-10,15-17H,11-14,18H2,1-3H3. The largest absolute Gasteiger partial charge is 0.454 e. The summed E-state index contributed by atoms with van der Waals surface area (Å²) in [6.45, 7) is 10.7. The maximum Gasteiger partial charge on any atom is 0.336 e. The molecule has 6 heteroatoms. The normalized spacial score (nSPS) is 14.7. The zero-order valence-electron chi connectivity index (χ0n) is 20.9. The van der Waals surface area contributed by atoms with Gasteiger partial charge < -0.3 is 13.7 Å². The molecule has 1 fully saturated rings. The van der Waals surface area contributed by atoms with Gasteiger partial charge in [-0.05, 0) is 55.7 Å². The van der Waals surface area contributed by atoms with E-state index in [0.29, 0.717) is 11.3 Å². The Bertz CT molecular complexity index is 1630. The van der Waals surface area contributed by atoms with Crippen LogP contribution in [0.5, 0.6) is 0 Å². The van der Waals surface area contributed by atoms with Crippen molar-refractivity contribution in [1.82, 2.24) is 9.88 Å². The van der Waals surface area contributed by atoms with Gasteiger partial charge in [-0.25, -0.2) is 4.79 Å². The van der Waals surface area contributed by atoms with Crippen LogP contribution in [-0.4, -0.2) is 36.1 Å². The smallest absolute Gasteiger partial charge is 0.336 e. The second-order valence-electron chi connectivity index (χ2n) is 9.68. The highest BCUT2D eigenvalue weighted by Crippen LogP contribution is 2.36. The third-order valence-electron chi connectivity index (χ3n) is 7.41. The molecule has 6 nitrogen and oxygen atoms in total. The molecule has 36 heavy (non-hydrogen) atoms. The summed E-state index contributed by atoms with van der Waals surface area (Å²) in [7, 11) is 0. The lowest BCUT2D eigenvalue weighted by Crippen LogP contribution is -2.46. The van der Waals surface area contributed by atoms with Crippen LogP contribution in [0.25, 0.3) is 33.3 Å². The van der Waals surface area contributed by atoms with Gasteiger partial charge in [-0.2, -0.15) is 0 Å². The summed E-state index contributed by atoms with van der Waals surface area (Å²) in [5.41, 5.74) is 7.07. The van der Waals surface area contributed by atoms with E-state index in [1.165, 1.54) is 11.8 Å². The minimum Gasteiger partial charge on any atom is -0.454 e. The molecule has 0 saturated carbocycles. The molecule has 0 unspecified atom stereocenters. The lowest BCUT2D eigenvalue weighted by molar-refractivity contribution is 0.250. The van der Waals surface area contributed by atoms with Crippen molar-refractivity contribution in [2.45, 2.75) is 27.3 Å². The van der Waals surface area contributed by atoms with Crippen LogP contribution >= 0.6 is 0 Å². The Balaban J connectivity index is 1.33. The van der Waals surface area contributed by atoms with Crippen LogP contribution in [0.1, 0.15) is 22.4 Å². The molecule has 182 valence electrons. The first-order valence-electron chi connectivity index (χ1n) is 12.4. The molecule has 0 bridgehead atoms. The van der Waals surface area contributed by atoms with E-state index in [4.69, 9.17) is 8.83 Å². The molecule has 0 aliphatic carbocycles. The van der Waals surface area contributed by atoms with Crippen molar-refractivity contribution in [2.24, 2.45) is 0 Å². The van der Waals surface area contributed by atoms with Gasteiger partial charge in [-0.15, -0.1) is 0 Å². The Morgan fingerprint density at radius 3 is 2.42 bits per heavy atom. The predicted molar refractivity (Wildman–Crippen MR) is 144 cm³/mol. The van der Waals surface area contributed by atoms with Crippen molar-refractivity contribution < 1.29 is 8.83 Å². The van der Waals surface area contributed by atoms with Crippen LogP contribution in [0.15, 0.2) is 74.4 Å². The van der Waals surface area contributed by atoms with Crippen molar-refractivity contribution in [3.63, 3.8) is 0 Å². The summed E-state index contributed by atoms with van der Waals surface area (Å²) in [5, 5.41) is 1.93. The fourth-order valence-electron chi connectivity index (χ4n) is 5.17. The number of hydrogen-bond donors (Lipinski definition) is 0. The summed E-state index contributed by atoms with van der Waals surface area (Å²) >= 11 is 0. The first-order chi connectivity index (χ1) is 17.5. The molecule has 3 aromatic heterocycles. The molecule has 4 heterocycles. The van der Waals surface area contributed by atoms with E-state index < -0.39 is 0 Å². The van der Waals surface area contributed by atoms with Gasteiger partial charge in [0.1, 0.15) is 11.3 Å². The number of hydrogen-bond acceptors (Lipinski definition) is 6. The second-order valence-corrected chi connectivity index (χ2v) is 9.68. The lowest BCUT2D eigenvalue weighted by atomic mass is 10.0. The molecule has 0 spiro atoms. The molecule has 2 aromatic carbocycles. The van der Waals surface area contributed by atoms with Gasteiger partial charge in [-0.3, -0.25) is 9.88 Å². The minimum atomic E-state index is -0.377. The highest BCUT2D eigenvalue weighted by Gasteiger charge is 2.21.